The molecule has 3 heteroatoms. The van der Waals surface area contributed by atoms with Crippen LogP contribution < -0.4 is 0 Å². The Morgan fingerprint density at radius 2 is 1.70 bits per heavy atom. The summed E-state index contributed by atoms with van der Waals surface area (Å²) in [6, 6.07) is 18.0. The van der Waals surface area contributed by atoms with Crippen molar-refractivity contribution >= 4 is 0 Å². The number of hydrogen-bond acceptors (Lipinski definition) is 2. The highest BCUT2D eigenvalue weighted by molar-refractivity contribution is 5.58. The molecule has 0 aliphatic rings. The zero-order valence-corrected chi connectivity index (χ0v) is 11.3. The summed E-state index contributed by atoms with van der Waals surface area (Å²) in [5.41, 5.74) is 3.03. The molecule has 0 bridgehead atoms. The zero-order valence-electron chi connectivity index (χ0n) is 11.3. The van der Waals surface area contributed by atoms with Gasteiger partial charge in [-0.3, -0.25) is 4.57 Å². The maximum atomic E-state index is 9.56. The van der Waals surface area contributed by atoms with Crippen molar-refractivity contribution in [3.05, 3.63) is 72.6 Å². The molecule has 0 aliphatic carbocycles. The maximum Gasteiger partial charge on any atom is 0.144 e. The van der Waals surface area contributed by atoms with Crippen LogP contribution in [-0.2, 0) is 0 Å². The molecule has 3 aromatic rings. The molecule has 0 saturated carbocycles. The summed E-state index contributed by atoms with van der Waals surface area (Å²) >= 11 is 0. The lowest BCUT2D eigenvalue weighted by molar-refractivity contribution is 0.199. The summed E-state index contributed by atoms with van der Waals surface area (Å²) in [7, 11) is 0. The molecule has 1 heterocycles. The minimum absolute atomic E-state index is 0.444. The quantitative estimate of drug-likeness (QED) is 0.785. The molecule has 0 unspecified atom stereocenters. The first-order valence-corrected chi connectivity index (χ1v) is 6.63. The van der Waals surface area contributed by atoms with Gasteiger partial charge in [0.2, 0.25) is 0 Å². The Kier molecular flexibility index (Phi) is 3.35. The monoisotopic (exact) mass is 264 g/mol. The number of aromatic nitrogens is 2. The predicted octanol–water partition coefficient (Wildman–Crippen LogP) is 3.59. The van der Waals surface area contributed by atoms with Gasteiger partial charge in [-0.05, 0) is 24.6 Å². The molecule has 3 nitrogen and oxygen atoms in total. The fourth-order valence-corrected chi connectivity index (χ4v) is 2.23. The van der Waals surface area contributed by atoms with Gasteiger partial charge in [-0.25, -0.2) is 4.98 Å². The highest BCUT2D eigenvalue weighted by atomic mass is 16.3. The predicted molar refractivity (Wildman–Crippen MR) is 79.6 cm³/mol. The molecule has 0 amide bonds. The Morgan fingerprint density at radius 1 is 1.00 bits per heavy atom. The molecule has 1 N–H and O–H groups in total. The maximum absolute atomic E-state index is 9.56. The van der Waals surface area contributed by atoms with E-state index < -0.39 is 6.10 Å². The Bertz CT molecular complexity index is 685. The summed E-state index contributed by atoms with van der Waals surface area (Å²) < 4.78 is 2.04. The van der Waals surface area contributed by atoms with E-state index in [9.17, 15) is 5.11 Å². The summed E-state index contributed by atoms with van der Waals surface area (Å²) in [5, 5.41) is 9.56. The number of aliphatic hydroxyl groups excluding tert-OH is 1. The lowest BCUT2D eigenvalue weighted by Gasteiger charge is -2.10. The Morgan fingerprint density at radius 3 is 2.35 bits per heavy atom. The van der Waals surface area contributed by atoms with Crippen LogP contribution in [0.2, 0.25) is 0 Å². The average molecular weight is 264 g/mol. The highest BCUT2D eigenvalue weighted by Gasteiger charge is 2.07. The first-order valence-electron chi connectivity index (χ1n) is 6.63. The van der Waals surface area contributed by atoms with Crippen molar-refractivity contribution in [3.8, 4) is 17.1 Å². The molecule has 0 radical (unpaired) electrons. The van der Waals surface area contributed by atoms with E-state index in [0.717, 1.165) is 22.6 Å². The van der Waals surface area contributed by atoms with Crippen LogP contribution in [0.1, 0.15) is 18.6 Å². The van der Waals surface area contributed by atoms with E-state index in [1.54, 1.807) is 13.1 Å². The largest absolute Gasteiger partial charge is 0.389 e. The Labute approximate surface area is 118 Å². The third-order valence-electron chi connectivity index (χ3n) is 3.33. The number of benzene rings is 2. The van der Waals surface area contributed by atoms with Crippen molar-refractivity contribution in [2.75, 3.05) is 0 Å². The lowest BCUT2D eigenvalue weighted by Crippen LogP contribution is -1.97. The van der Waals surface area contributed by atoms with Gasteiger partial charge in [-0.15, -0.1) is 0 Å². The standard InChI is InChI=1S/C17H16N2O/c1-13(20)14-7-9-16(10-8-14)19-12-11-18-17(19)15-5-3-2-4-6-15/h2-13,20H,1H3/t13-/m1/s1. The molecule has 0 spiro atoms. The van der Waals surface area contributed by atoms with E-state index >= 15 is 0 Å². The molecule has 20 heavy (non-hydrogen) atoms. The van der Waals surface area contributed by atoms with E-state index in [-0.39, 0.29) is 0 Å². The van der Waals surface area contributed by atoms with Crippen LogP contribution in [0.15, 0.2) is 67.0 Å². The van der Waals surface area contributed by atoms with Gasteiger partial charge in [0.25, 0.3) is 0 Å². The summed E-state index contributed by atoms with van der Waals surface area (Å²) in [6.07, 6.45) is 3.30. The third kappa shape index (κ3) is 2.36. The Balaban J connectivity index is 2.01. The minimum Gasteiger partial charge on any atom is -0.389 e. The van der Waals surface area contributed by atoms with Crippen LogP contribution >= 0.6 is 0 Å². The van der Waals surface area contributed by atoms with Gasteiger partial charge in [0.15, 0.2) is 0 Å². The molecule has 0 aliphatic heterocycles. The van der Waals surface area contributed by atoms with E-state index in [2.05, 4.69) is 4.98 Å². The SMILES string of the molecule is C[C@@H](O)c1ccc(-n2ccnc2-c2ccccc2)cc1. The fourth-order valence-electron chi connectivity index (χ4n) is 2.23. The van der Waals surface area contributed by atoms with Gasteiger partial charge in [-0.1, -0.05) is 42.5 Å². The van der Waals surface area contributed by atoms with Crippen LogP contribution in [0.4, 0.5) is 0 Å². The molecule has 1 atom stereocenters. The van der Waals surface area contributed by atoms with Crippen molar-refractivity contribution < 1.29 is 5.11 Å². The van der Waals surface area contributed by atoms with Crippen molar-refractivity contribution in [2.24, 2.45) is 0 Å². The highest BCUT2D eigenvalue weighted by Crippen LogP contribution is 2.22. The number of hydrogen-bond donors (Lipinski definition) is 1. The number of imidazole rings is 1. The second-order valence-electron chi connectivity index (χ2n) is 4.75. The van der Waals surface area contributed by atoms with Gasteiger partial charge in [-0.2, -0.15) is 0 Å². The summed E-state index contributed by atoms with van der Waals surface area (Å²) in [5.74, 6) is 0.912. The second-order valence-corrected chi connectivity index (χ2v) is 4.75. The first kappa shape index (κ1) is 12.6. The molecule has 100 valence electrons. The topological polar surface area (TPSA) is 38.0 Å². The zero-order chi connectivity index (χ0) is 13.9. The van der Waals surface area contributed by atoms with Crippen molar-refractivity contribution in [1.29, 1.82) is 0 Å². The third-order valence-corrected chi connectivity index (χ3v) is 3.33. The van der Waals surface area contributed by atoms with Gasteiger partial charge in [0.05, 0.1) is 6.10 Å². The van der Waals surface area contributed by atoms with Crippen LogP contribution in [0.5, 0.6) is 0 Å². The van der Waals surface area contributed by atoms with Gasteiger partial charge in [0, 0.05) is 23.6 Å². The van der Waals surface area contributed by atoms with Gasteiger partial charge in [0.1, 0.15) is 5.82 Å². The summed E-state index contributed by atoms with van der Waals surface area (Å²) in [6.45, 7) is 1.77. The van der Waals surface area contributed by atoms with Gasteiger partial charge < -0.3 is 5.11 Å². The van der Waals surface area contributed by atoms with Crippen molar-refractivity contribution in [2.45, 2.75) is 13.0 Å². The minimum atomic E-state index is -0.444. The van der Waals surface area contributed by atoms with E-state index in [0.29, 0.717) is 0 Å². The molecular formula is C17H16N2O. The van der Waals surface area contributed by atoms with Gasteiger partial charge >= 0.3 is 0 Å². The second kappa shape index (κ2) is 5.31. The lowest BCUT2D eigenvalue weighted by atomic mass is 10.1. The van der Waals surface area contributed by atoms with E-state index in [4.69, 9.17) is 0 Å². The summed E-state index contributed by atoms with van der Waals surface area (Å²) in [4.78, 5) is 4.43. The number of aliphatic hydroxyl groups is 1. The average Bonchev–Trinajstić information content (AvgIpc) is 2.97. The molecule has 3 rings (SSSR count). The normalized spacial score (nSPS) is 12.3. The molecular weight excluding hydrogens is 248 g/mol. The Hall–Kier alpha value is -2.39. The van der Waals surface area contributed by atoms with Crippen LogP contribution in [0.3, 0.4) is 0 Å². The van der Waals surface area contributed by atoms with Crippen molar-refractivity contribution in [1.82, 2.24) is 9.55 Å². The smallest absolute Gasteiger partial charge is 0.144 e. The number of nitrogens with zero attached hydrogens (tertiary/aromatic N) is 2. The number of rotatable bonds is 3. The molecule has 0 saturated heterocycles. The van der Waals surface area contributed by atoms with E-state index in [1.807, 2.05) is 65.4 Å². The fraction of sp³-hybridized carbons (Fsp3) is 0.118. The van der Waals surface area contributed by atoms with Crippen molar-refractivity contribution in [3.63, 3.8) is 0 Å². The first-order chi connectivity index (χ1) is 9.75. The van der Waals surface area contributed by atoms with E-state index in [1.165, 1.54) is 0 Å². The van der Waals surface area contributed by atoms with Crippen LogP contribution in [0.25, 0.3) is 17.1 Å². The molecule has 1 aromatic heterocycles. The van der Waals surface area contributed by atoms with Crippen LogP contribution in [-0.4, -0.2) is 14.7 Å². The molecule has 0 fully saturated rings. The van der Waals surface area contributed by atoms with Crippen LogP contribution in [0, 0.1) is 0 Å². The molecule has 2 aromatic carbocycles.